The summed E-state index contributed by atoms with van der Waals surface area (Å²) in [6.45, 7) is 7.86. The number of pyridine rings is 2. The predicted molar refractivity (Wildman–Crippen MR) is 88.3 cm³/mol. The summed E-state index contributed by atoms with van der Waals surface area (Å²) in [5, 5.41) is 7.46. The number of allylic oxidation sites excluding steroid dienone is 1. The zero-order chi connectivity index (χ0) is 15.5. The summed E-state index contributed by atoms with van der Waals surface area (Å²) in [6, 6.07) is 9.64. The van der Waals surface area contributed by atoms with Gasteiger partial charge in [0, 0.05) is 12.4 Å². The standard InChI is InChI=1S/C17H17N5/c1-12(2)14-7-8-15(18-10-14)20-16-5-4-6-17(21-16)22-11-13(3)9-19-22/h4-11H,1H2,2-3H3,(H,18,20,21). The highest BCUT2D eigenvalue weighted by Gasteiger charge is 2.03. The number of anilines is 2. The first-order valence-electron chi connectivity index (χ1n) is 6.99. The summed E-state index contributed by atoms with van der Waals surface area (Å²) in [5.74, 6) is 2.23. The summed E-state index contributed by atoms with van der Waals surface area (Å²) in [4.78, 5) is 8.91. The van der Waals surface area contributed by atoms with Crippen molar-refractivity contribution in [2.24, 2.45) is 0 Å². The molecule has 3 aromatic rings. The van der Waals surface area contributed by atoms with E-state index in [1.54, 1.807) is 17.1 Å². The van der Waals surface area contributed by atoms with Gasteiger partial charge in [-0.25, -0.2) is 14.6 Å². The SMILES string of the molecule is C=C(C)c1ccc(Nc2cccc(-n3cc(C)cn3)n2)nc1. The molecule has 3 heterocycles. The maximum Gasteiger partial charge on any atom is 0.155 e. The highest BCUT2D eigenvalue weighted by atomic mass is 15.3. The van der Waals surface area contributed by atoms with Crippen molar-refractivity contribution in [3.63, 3.8) is 0 Å². The molecule has 5 heteroatoms. The molecule has 0 amide bonds. The second-order valence-corrected chi connectivity index (χ2v) is 5.18. The van der Waals surface area contributed by atoms with Crippen molar-refractivity contribution in [3.8, 4) is 5.82 Å². The van der Waals surface area contributed by atoms with Crippen LogP contribution in [0.25, 0.3) is 11.4 Å². The molecule has 0 aromatic carbocycles. The second kappa shape index (κ2) is 5.81. The van der Waals surface area contributed by atoms with Gasteiger partial charge in [0.15, 0.2) is 5.82 Å². The molecule has 3 rings (SSSR count). The molecule has 0 saturated heterocycles. The lowest BCUT2D eigenvalue weighted by atomic mass is 10.1. The smallest absolute Gasteiger partial charge is 0.155 e. The zero-order valence-corrected chi connectivity index (χ0v) is 12.6. The lowest BCUT2D eigenvalue weighted by Gasteiger charge is -2.07. The van der Waals surface area contributed by atoms with Crippen LogP contribution in [0.1, 0.15) is 18.1 Å². The molecule has 0 spiro atoms. The molecule has 110 valence electrons. The van der Waals surface area contributed by atoms with E-state index in [0.717, 1.165) is 34.2 Å². The van der Waals surface area contributed by atoms with E-state index in [4.69, 9.17) is 0 Å². The highest BCUT2D eigenvalue weighted by Crippen LogP contribution is 2.17. The Morgan fingerprint density at radius 2 is 2.00 bits per heavy atom. The normalized spacial score (nSPS) is 10.5. The van der Waals surface area contributed by atoms with E-state index in [0.29, 0.717) is 0 Å². The Balaban J connectivity index is 1.82. The van der Waals surface area contributed by atoms with Gasteiger partial charge in [-0.15, -0.1) is 0 Å². The van der Waals surface area contributed by atoms with Crippen LogP contribution in [0.4, 0.5) is 11.6 Å². The summed E-state index contributed by atoms with van der Waals surface area (Å²) >= 11 is 0. The van der Waals surface area contributed by atoms with E-state index in [1.807, 2.05) is 50.4 Å². The van der Waals surface area contributed by atoms with E-state index < -0.39 is 0 Å². The molecule has 0 fully saturated rings. The molecule has 0 bridgehead atoms. The first-order chi connectivity index (χ1) is 10.6. The minimum Gasteiger partial charge on any atom is -0.325 e. The Bertz CT molecular complexity index is 802. The number of hydrogen-bond acceptors (Lipinski definition) is 4. The molecule has 0 aliphatic heterocycles. The van der Waals surface area contributed by atoms with Crippen LogP contribution in [0, 0.1) is 6.92 Å². The Hall–Kier alpha value is -2.95. The van der Waals surface area contributed by atoms with E-state index in [9.17, 15) is 0 Å². The van der Waals surface area contributed by atoms with Gasteiger partial charge in [-0.2, -0.15) is 5.10 Å². The Morgan fingerprint density at radius 1 is 1.14 bits per heavy atom. The molecule has 22 heavy (non-hydrogen) atoms. The van der Waals surface area contributed by atoms with Gasteiger partial charge in [-0.3, -0.25) is 0 Å². The van der Waals surface area contributed by atoms with Crippen LogP contribution in [0.5, 0.6) is 0 Å². The third-order valence-corrected chi connectivity index (χ3v) is 3.19. The van der Waals surface area contributed by atoms with E-state index in [-0.39, 0.29) is 0 Å². The van der Waals surface area contributed by atoms with Crippen molar-refractivity contribution in [3.05, 3.63) is 66.6 Å². The number of hydrogen-bond donors (Lipinski definition) is 1. The van der Waals surface area contributed by atoms with Crippen LogP contribution in [0.3, 0.4) is 0 Å². The number of rotatable bonds is 4. The summed E-state index contributed by atoms with van der Waals surface area (Å²) < 4.78 is 1.75. The zero-order valence-electron chi connectivity index (χ0n) is 12.6. The largest absolute Gasteiger partial charge is 0.325 e. The van der Waals surface area contributed by atoms with Crippen LogP contribution in [-0.4, -0.2) is 19.7 Å². The maximum absolute atomic E-state index is 4.54. The molecular formula is C17H17N5. The fourth-order valence-electron chi connectivity index (χ4n) is 2.01. The highest BCUT2D eigenvalue weighted by molar-refractivity contribution is 5.62. The number of aryl methyl sites for hydroxylation is 1. The number of aromatic nitrogens is 4. The first kappa shape index (κ1) is 14.0. The van der Waals surface area contributed by atoms with Gasteiger partial charge in [-0.05, 0) is 54.8 Å². The topological polar surface area (TPSA) is 55.6 Å². The summed E-state index contributed by atoms with van der Waals surface area (Å²) in [6.07, 6.45) is 5.54. The lowest BCUT2D eigenvalue weighted by molar-refractivity contribution is 0.848. The van der Waals surface area contributed by atoms with Gasteiger partial charge in [-0.1, -0.05) is 12.6 Å². The fourth-order valence-corrected chi connectivity index (χ4v) is 2.01. The van der Waals surface area contributed by atoms with Crippen molar-refractivity contribution in [1.82, 2.24) is 19.7 Å². The van der Waals surface area contributed by atoms with E-state index in [1.165, 1.54) is 0 Å². The fraction of sp³-hybridized carbons (Fsp3) is 0.118. The van der Waals surface area contributed by atoms with Gasteiger partial charge in [0.1, 0.15) is 11.6 Å². The Kier molecular flexibility index (Phi) is 3.70. The van der Waals surface area contributed by atoms with E-state index >= 15 is 0 Å². The van der Waals surface area contributed by atoms with Crippen LogP contribution >= 0.6 is 0 Å². The Labute approximate surface area is 129 Å². The maximum atomic E-state index is 4.54. The van der Waals surface area contributed by atoms with E-state index in [2.05, 4.69) is 27.0 Å². The van der Waals surface area contributed by atoms with Crippen LogP contribution in [0.15, 0.2) is 55.5 Å². The van der Waals surface area contributed by atoms with Crippen molar-refractivity contribution < 1.29 is 0 Å². The molecule has 3 aromatic heterocycles. The molecule has 0 atom stereocenters. The molecule has 5 nitrogen and oxygen atoms in total. The van der Waals surface area contributed by atoms with Gasteiger partial charge < -0.3 is 5.32 Å². The molecule has 0 saturated carbocycles. The van der Waals surface area contributed by atoms with Crippen molar-refractivity contribution in [1.29, 1.82) is 0 Å². The first-order valence-corrected chi connectivity index (χ1v) is 6.99. The predicted octanol–water partition coefficient (Wildman–Crippen LogP) is 3.75. The monoisotopic (exact) mass is 291 g/mol. The van der Waals surface area contributed by atoms with Crippen LogP contribution in [-0.2, 0) is 0 Å². The molecule has 0 radical (unpaired) electrons. The molecular weight excluding hydrogens is 274 g/mol. The minimum atomic E-state index is 0.723. The Morgan fingerprint density at radius 3 is 2.64 bits per heavy atom. The van der Waals surface area contributed by atoms with Gasteiger partial charge in [0.25, 0.3) is 0 Å². The van der Waals surface area contributed by atoms with Crippen molar-refractivity contribution in [2.45, 2.75) is 13.8 Å². The molecule has 0 aliphatic rings. The van der Waals surface area contributed by atoms with Gasteiger partial charge >= 0.3 is 0 Å². The minimum absolute atomic E-state index is 0.723. The quantitative estimate of drug-likeness (QED) is 0.795. The lowest BCUT2D eigenvalue weighted by Crippen LogP contribution is -2.01. The number of nitrogens with one attached hydrogen (secondary N) is 1. The third-order valence-electron chi connectivity index (χ3n) is 3.19. The second-order valence-electron chi connectivity index (χ2n) is 5.18. The van der Waals surface area contributed by atoms with Crippen LogP contribution in [0.2, 0.25) is 0 Å². The average molecular weight is 291 g/mol. The van der Waals surface area contributed by atoms with Crippen molar-refractivity contribution >= 4 is 17.2 Å². The molecule has 1 N–H and O–H groups in total. The third kappa shape index (κ3) is 3.03. The van der Waals surface area contributed by atoms with Gasteiger partial charge in [0.05, 0.1) is 6.20 Å². The van der Waals surface area contributed by atoms with Crippen LogP contribution < -0.4 is 5.32 Å². The number of nitrogens with zero attached hydrogens (tertiary/aromatic N) is 4. The van der Waals surface area contributed by atoms with Gasteiger partial charge in [0.2, 0.25) is 0 Å². The summed E-state index contributed by atoms with van der Waals surface area (Å²) in [5.41, 5.74) is 3.12. The average Bonchev–Trinajstić information content (AvgIpc) is 2.95. The van der Waals surface area contributed by atoms with Crippen molar-refractivity contribution in [2.75, 3.05) is 5.32 Å². The summed E-state index contributed by atoms with van der Waals surface area (Å²) in [7, 11) is 0. The molecule has 0 aliphatic carbocycles. The molecule has 0 unspecified atom stereocenters.